The van der Waals surface area contributed by atoms with E-state index >= 15 is 0 Å². The molecule has 0 bridgehead atoms. The van der Waals surface area contributed by atoms with Crippen LogP contribution >= 0.6 is 0 Å². The number of benzene rings is 18. The number of hydrogen-bond acceptors (Lipinski definition) is 5. The van der Waals surface area contributed by atoms with Gasteiger partial charge < -0.3 is 9.13 Å². The lowest BCUT2D eigenvalue weighted by atomic mass is 9.90. The van der Waals surface area contributed by atoms with Crippen molar-refractivity contribution >= 4 is 120 Å². The topological polar surface area (TPSA) is 83.0 Å². The van der Waals surface area contributed by atoms with E-state index in [4.69, 9.17) is 38.1 Å². The van der Waals surface area contributed by atoms with Crippen LogP contribution in [0.1, 0.15) is 0 Å². The van der Waals surface area contributed by atoms with Crippen LogP contribution in [0, 0.1) is 13.1 Å². The van der Waals surface area contributed by atoms with Crippen LogP contribution in [0.3, 0.4) is 0 Å². The van der Waals surface area contributed by atoms with E-state index in [2.05, 4.69) is 243 Å². The van der Waals surface area contributed by atoms with E-state index in [1.165, 1.54) is 64.8 Å². The summed E-state index contributed by atoms with van der Waals surface area (Å²) in [6.45, 7) is 15.3. The molecule has 22 aromatic rings. The average Bonchev–Trinajstić information content (AvgIpc) is 0.957. The molecule has 0 atom stereocenters. The Labute approximate surface area is 632 Å². The predicted octanol–water partition coefficient (Wildman–Crippen LogP) is 26.8. The van der Waals surface area contributed by atoms with Gasteiger partial charge in [-0.3, -0.25) is 0 Å². The monoisotopic (exact) mass is 1400 g/mol. The Morgan fingerprint density at radius 2 is 0.464 bits per heavy atom. The van der Waals surface area contributed by atoms with E-state index in [1.807, 2.05) is 133 Å². The first-order chi connectivity index (χ1) is 54.4. The molecule has 0 radical (unpaired) electrons. The lowest BCUT2D eigenvalue weighted by Gasteiger charge is -2.15. The number of nitrogens with zero attached hydrogens (tertiary/aromatic N) is 9. The first-order valence-electron chi connectivity index (χ1n) is 36.7. The predicted molar refractivity (Wildman–Crippen MR) is 454 cm³/mol. The Kier molecular flexibility index (Phi) is 14.8. The van der Waals surface area contributed by atoms with Crippen LogP contribution in [0.4, 0.5) is 11.4 Å². The molecule has 508 valence electrons. The summed E-state index contributed by atoms with van der Waals surface area (Å²) in [7, 11) is 0. The minimum atomic E-state index is 0.633. The highest BCUT2D eigenvalue weighted by molar-refractivity contribution is 6.26. The molecular formula is C101H59N9. The summed E-state index contributed by atoms with van der Waals surface area (Å²) in [6.07, 6.45) is 0. The van der Waals surface area contributed by atoms with Gasteiger partial charge in [0.1, 0.15) is 0 Å². The molecule has 0 aliphatic heterocycles. The van der Waals surface area contributed by atoms with Crippen LogP contribution in [0.5, 0.6) is 0 Å². The van der Waals surface area contributed by atoms with Gasteiger partial charge in [-0.05, 0) is 190 Å². The van der Waals surface area contributed by atoms with Gasteiger partial charge in [0.2, 0.25) is 0 Å². The fourth-order valence-corrected chi connectivity index (χ4v) is 16.5. The highest BCUT2D eigenvalue weighted by Gasteiger charge is 2.22. The molecule has 110 heavy (non-hydrogen) atoms. The van der Waals surface area contributed by atoms with Gasteiger partial charge >= 0.3 is 0 Å². The fourth-order valence-electron chi connectivity index (χ4n) is 16.5. The molecule has 4 aromatic heterocycles. The zero-order chi connectivity index (χ0) is 72.9. The van der Waals surface area contributed by atoms with Crippen LogP contribution < -0.4 is 0 Å². The van der Waals surface area contributed by atoms with Crippen molar-refractivity contribution in [2.75, 3.05) is 0 Å². The van der Waals surface area contributed by atoms with E-state index in [1.54, 1.807) is 0 Å². The maximum absolute atomic E-state index is 7.66. The van der Waals surface area contributed by atoms with Crippen molar-refractivity contribution in [3.63, 3.8) is 0 Å². The van der Waals surface area contributed by atoms with Gasteiger partial charge in [0.25, 0.3) is 0 Å². The van der Waals surface area contributed by atoms with Gasteiger partial charge in [-0.1, -0.05) is 255 Å². The average molecular weight is 1400 g/mol. The smallest absolute Gasteiger partial charge is 0.189 e. The van der Waals surface area contributed by atoms with Crippen LogP contribution in [0.15, 0.2) is 358 Å². The van der Waals surface area contributed by atoms with Crippen molar-refractivity contribution in [3.8, 4) is 102 Å². The minimum Gasteiger partial charge on any atom is -0.310 e. The summed E-state index contributed by atoms with van der Waals surface area (Å²) in [5.74, 6) is 2.66. The molecule has 0 amide bonds. The summed E-state index contributed by atoms with van der Waals surface area (Å²) >= 11 is 0. The standard InChI is InChI=1S/C51H30N4.C50H29N5/c1-52-41-22-24-44-43-23-21-34(29-47(43)55(48(44)30-41)42-15-9-4-10-16-42)39-25-35-17-19-37-27-40(28-38-20-18-36(26-39)49(35)50(37)38)51-53-45(32-11-5-2-6-12-32)31-46(54-51)33-13-7-3-8-14-33;1-51-40-22-24-43-42-23-21-33(29-44(42)55(45(43)30-40)41-15-9-4-10-16-41)38-25-34-17-19-36-27-39(28-37-20-18-35(26-38)46(34)47(36)37)50-53-48(31-11-5-2-6-12-31)52-49(54-50)32-13-7-3-8-14-32/h2-31H;2-30H. The van der Waals surface area contributed by atoms with E-state index in [0.29, 0.717) is 34.7 Å². The van der Waals surface area contributed by atoms with Gasteiger partial charge in [-0.2, -0.15) is 0 Å². The number of aromatic nitrogens is 7. The first kappa shape index (κ1) is 63.2. The maximum atomic E-state index is 7.66. The number of rotatable bonds is 10. The molecule has 18 aromatic carbocycles. The molecule has 4 heterocycles. The quantitative estimate of drug-likeness (QED) is 0.101. The molecule has 0 aliphatic carbocycles. The van der Waals surface area contributed by atoms with Crippen molar-refractivity contribution in [1.29, 1.82) is 0 Å². The number of para-hydroxylation sites is 2. The summed E-state index contributed by atoms with van der Waals surface area (Å²) < 4.78 is 4.57. The third-order valence-corrected chi connectivity index (χ3v) is 21.6. The van der Waals surface area contributed by atoms with Crippen LogP contribution in [-0.4, -0.2) is 34.1 Å². The van der Waals surface area contributed by atoms with Gasteiger partial charge in [-0.15, -0.1) is 0 Å². The summed E-state index contributed by atoms with van der Waals surface area (Å²) in [4.78, 5) is 32.6. The van der Waals surface area contributed by atoms with Crippen LogP contribution in [-0.2, 0) is 0 Å². The van der Waals surface area contributed by atoms with Gasteiger partial charge in [-0.25, -0.2) is 34.6 Å². The minimum absolute atomic E-state index is 0.633. The highest BCUT2D eigenvalue weighted by atomic mass is 15.0. The second kappa shape index (κ2) is 25.8. The molecule has 22 rings (SSSR count). The number of fused-ring (bicyclic) bond motifs is 6. The summed E-state index contributed by atoms with van der Waals surface area (Å²) in [6, 6.07) is 125. The first-order valence-corrected chi connectivity index (χ1v) is 36.7. The summed E-state index contributed by atoms with van der Waals surface area (Å²) in [5, 5.41) is 19.0. The molecule has 0 N–H and O–H groups in total. The highest BCUT2D eigenvalue weighted by Crippen LogP contribution is 2.45. The molecule has 0 fully saturated rings. The van der Waals surface area contributed by atoms with Crippen molar-refractivity contribution < 1.29 is 0 Å². The molecular weight excluding hydrogens is 1340 g/mol. The van der Waals surface area contributed by atoms with E-state index in [9.17, 15) is 0 Å². The lowest BCUT2D eigenvalue weighted by molar-refractivity contribution is 1.07. The molecule has 9 heteroatoms. The van der Waals surface area contributed by atoms with E-state index in [-0.39, 0.29) is 0 Å². The van der Waals surface area contributed by atoms with Gasteiger partial charge in [0, 0.05) is 77.3 Å². The summed E-state index contributed by atoms with van der Waals surface area (Å²) in [5.41, 5.74) is 20.1. The zero-order valence-corrected chi connectivity index (χ0v) is 59.1. The molecule has 0 saturated heterocycles. The van der Waals surface area contributed by atoms with Crippen LogP contribution in [0.2, 0.25) is 0 Å². The largest absolute Gasteiger partial charge is 0.310 e. The third-order valence-electron chi connectivity index (χ3n) is 21.6. The Bertz CT molecular complexity index is 6810. The van der Waals surface area contributed by atoms with Gasteiger partial charge in [0.05, 0.1) is 35.6 Å². The second-order valence-electron chi connectivity index (χ2n) is 28.1. The Morgan fingerprint density at radius 3 is 0.782 bits per heavy atom. The second-order valence-corrected chi connectivity index (χ2v) is 28.1. The molecule has 0 aliphatic rings. The fraction of sp³-hybridized carbons (Fsp3) is 0. The Hall–Kier alpha value is -15.3. The van der Waals surface area contributed by atoms with Crippen molar-refractivity contribution in [3.05, 3.63) is 381 Å². The molecule has 0 spiro atoms. The van der Waals surface area contributed by atoms with E-state index < -0.39 is 0 Å². The number of hydrogen-bond donors (Lipinski definition) is 0. The van der Waals surface area contributed by atoms with Crippen molar-refractivity contribution in [2.24, 2.45) is 0 Å². The lowest BCUT2D eigenvalue weighted by Crippen LogP contribution is -2.00. The molecule has 0 unspecified atom stereocenters. The Balaban J connectivity index is 0.000000140. The Morgan fingerprint density at radius 1 is 0.200 bits per heavy atom. The SMILES string of the molecule is [C-]#[N+]c1ccc2c3ccc(-c4cc5ccc6cc(-c7nc(-c8ccccc8)cc(-c8ccccc8)n7)cc7ccc(c4)c5c67)cc3n(-c3ccccc3)c2c1.[C-]#[N+]c1ccc2c3ccc(-c4cc5ccc6cc(-c7nc(-c8ccccc8)nc(-c8ccccc8)n7)cc7ccc(c4)c5c67)cc3n(-c3ccccc3)c2c1. The third kappa shape index (κ3) is 10.8. The van der Waals surface area contributed by atoms with Gasteiger partial charge in [0.15, 0.2) is 34.7 Å². The molecule has 9 nitrogen and oxygen atoms in total. The molecule has 0 saturated carbocycles. The van der Waals surface area contributed by atoms with Crippen molar-refractivity contribution in [2.45, 2.75) is 0 Å². The van der Waals surface area contributed by atoms with Crippen molar-refractivity contribution in [1.82, 2.24) is 34.1 Å². The normalized spacial score (nSPS) is 11.6. The zero-order valence-electron chi connectivity index (χ0n) is 59.1. The maximum Gasteiger partial charge on any atom is 0.189 e. The van der Waals surface area contributed by atoms with Crippen LogP contribution in [0.25, 0.3) is 220 Å². The van der Waals surface area contributed by atoms with E-state index in [0.717, 1.165) is 122 Å².